The van der Waals surface area contributed by atoms with Gasteiger partial charge >= 0.3 is 0 Å². The van der Waals surface area contributed by atoms with Crippen LogP contribution in [0.5, 0.6) is 0 Å². The molecular formula is C32H40N6O2S. The first-order valence-electron chi connectivity index (χ1n) is 14.3. The second kappa shape index (κ2) is 13.0. The predicted molar refractivity (Wildman–Crippen MR) is 167 cm³/mol. The number of hydrogen-bond acceptors (Lipinski definition) is 7. The van der Waals surface area contributed by atoms with Crippen LogP contribution in [0.2, 0.25) is 0 Å². The molecule has 0 spiro atoms. The highest BCUT2D eigenvalue weighted by Gasteiger charge is 2.25. The first-order chi connectivity index (χ1) is 19.8. The molecule has 8 nitrogen and oxygen atoms in total. The van der Waals surface area contributed by atoms with E-state index in [-0.39, 0.29) is 6.04 Å². The quantitative estimate of drug-likeness (QED) is 0.235. The van der Waals surface area contributed by atoms with Gasteiger partial charge in [0.1, 0.15) is 17.5 Å². The Bertz CT molecular complexity index is 1550. The molecule has 41 heavy (non-hydrogen) atoms. The van der Waals surface area contributed by atoms with Gasteiger partial charge in [-0.2, -0.15) is 0 Å². The molecule has 1 fully saturated rings. The van der Waals surface area contributed by atoms with Crippen LogP contribution in [0.1, 0.15) is 37.1 Å². The van der Waals surface area contributed by atoms with Crippen molar-refractivity contribution in [3.8, 4) is 0 Å². The van der Waals surface area contributed by atoms with Crippen molar-refractivity contribution in [2.24, 2.45) is 0 Å². The molecule has 1 aromatic heterocycles. The number of hydrogen-bond donors (Lipinski definition) is 3. The first kappa shape index (κ1) is 29.0. The van der Waals surface area contributed by atoms with Crippen LogP contribution in [-0.4, -0.2) is 57.2 Å². The summed E-state index contributed by atoms with van der Waals surface area (Å²) in [6, 6.07) is 25.5. The van der Waals surface area contributed by atoms with Gasteiger partial charge in [0, 0.05) is 50.2 Å². The lowest BCUT2D eigenvalue weighted by atomic mass is 9.91. The molecule has 1 aliphatic carbocycles. The summed E-state index contributed by atoms with van der Waals surface area (Å²) < 4.78 is 30.3. The molecule has 216 valence electrons. The summed E-state index contributed by atoms with van der Waals surface area (Å²) in [5.74, 6) is 2.51. The Hall–Kier alpha value is -3.53. The van der Waals surface area contributed by atoms with E-state index >= 15 is 0 Å². The second-order valence-corrected chi connectivity index (χ2v) is 12.8. The van der Waals surface area contributed by atoms with E-state index in [0.29, 0.717) is 29.9 Å². The Labute approximate surface area is 243 Å². The van der Waals surface area contributed by atoms with Crippen molar-refractivity contribution < 1.29 is 8.42 Å². The summed E-state index contributed by atoms with van der Waals surface area (Å²) in [6.07, 6.45) is 4.66. The van der Waals surface area contributed by atoms with Gasteiger partial charge in [0.15, 0.2) is 0 Å². The Balaban J connectivity index is 1.22. The molecule has 5 rings (SSSR count). The molecule has 1 saturated carbocycles. The monoisotopic (exact) mass is 572 g/mol. The van der Waals surface area contributed by atoms with E-state index in [1.807, 2.05) is 92.6 Å². The summed E-state index contributed by atoms with van der Waals surface area (Å²) in [6.45, 7) is 2.47. The van der Waals surface area contributed by atoms with Crippen LogP contribution in [0.25, 0.3) is 10.8 Å². The zero-order chi connectivity index (χ0) is 28.8. The van der Waals surface area contributed by atoms with Gasteiger partial charge in [0.25, 0.3) is 0 Å². The highest BCUT2D eigenvalue weighted by molar-refractivity contribution is 7.89. The molecule has 0 aliphatic heterocycles. The van der Waals surface area contributed by atoms with Gasteiger partial charge in [0.2, 0.25) is 10.0 Å². The maximum atomic E-state index is 13.6. The lowest BCUT2D eigenvalue weighted by molar-refractivity contribution is 0.342. The number of aryl methyl sites for hydroxylation is 1. The van der Waals surface area contributed by atoms with E-state index in [1.54, 1.807) is 12.1 Å². The van der Waals surface area contributed by atoms with Crippen LogP contribution in [0.3, 0.4) is 0 Å². The maximum absolute atomic E-state index is 13.6. The van der Waals surface area contributed by atoms with Crippen molar-refractivity contribution in [3.63, 3.8) is 0 Å². The van der Waals surface area contributed by atoms with Crippen LogP contribution < -0.4 is 20.3 Å². The van der Waals surface area contributed by atoms with Crippen molar-refractivity contribution in [1.82, 2.24) is 20.0 Å². The molecule has 0 radical (unpaired) electrons. The first-order valence-corrected chi connectivity index (χ1v) is 15.8. The molecule has 0 bridgehead atoms. The van der Waals surface area contributed by atoms with E-state index in [4.69, 9.17) is 0 Å². The Morgan fingerprint density at radius 3 is 2.32 bits per heavy atom. The van der Waals surface area contributed by atoms with Gasteiger partial charge in [-0.3, -0.25) is 0 Å². The van der Waals surface area contributed by atoms with Gasteiger partial charge in [-0.05, 0) is 56.0 Å². The van der Waals surface area contributed by atoms with E-state index in [1.165, 1.54) is 0 Å². The minimum atomic E-state index is -3.73. The number of nitrogens with zero attached hydrogens (tertiary/aromatic N) is 3. The van der Waals surface area contributed by atoms with E-state index in [9.17, 15) is 8.42 Å². The number of aromatic nitrogens is 2. The molecule has 0 amide bonds. The number of rotatable bonds is 11. The fourth-order valence-electron chi connectivity index (χ4n) is 5.58. The molecular weight excluding hydrogens is 532 g/mol. The van der Waals surface area contributed by atoms with E-state index in [2.05, 4.69) is 25.3 Å². The molecule has 9 heteroatoms. The predicted octanol–water partition coefficient (Wildman–Crippen LogP) is 4.91. The van der Waals surface area contributed by atoms with E-state index in [0.717, 1.165) is 59.5 Å². The average Bonchev–Trinajstić information content (AvgIpc) is 2.96. The third-order valence-electron chi connectivity index (χ3n) is 7.70. The highest BCUT2D eigenvalue weighted by Crippen LogP contribution is 2.25. The summed E-state index contributed by atoms with van der Waals surface area (Å²) in [7, 11) is 0.232. The smallest absolute Gasteiger partial charge is 0.241 e. The summed E-state index contributed by atoms with van der Waals surface area (Å²) in [4.78, 5) is 11.4. The third-order valence-corrected chi connectivity index (χ3v) is 9.28. The van der Waals surface area contributed by atoms with Crippen molar-refractivity contribution in [1.29, 1.82) is 0 Å². The standard InChI is InChI=1S/C32H40N6O2S/c1-23-34-31(21-32(35-23)38(2)3)36-27-18-16-26(17-19-27)33-22-28(20-24-10-5-4-6-11-24)37-41(39,40)30-15-9-13-25-12-7-8-14-29(25)30/h4-15,21,26-28,33,37H,16-20,22H2,1-3H3,(H,34,35,36)/t26?,27?,28-/m0/s1. The van der Waals surface area contributed by atoms with Gasteiger partial charge in [-0.15, -0.1) is 0 Å². The van der Waals surface area contributed by atoms with Gasteiger partial charge < -0.3 is 15.5 Å². The second-order valence-electron chi connectivity index (χ2n) is 11.1. The molecule has 4 aromatic rings. The lowest BCUT2D eigenvalue weighted by Crippen LogP contribution is -2.47. The van der Waals surface area contributed by atoms with E-state index < -0.39 is 10.0 Å². The molecule has 1 heterocycles. The summed E-state index contributed by atoms with van der Waals surface area (Å²) in [5.41, 5.74) is 1.10. The van der Waals surface area contributed by atoms with Crippen LogP contribution in [0, 0.1) is 6.92 Å². The average molecular weight is 573 g/mol. The van der Waals surface area contributed by atoms with Gasteiger partial charge in [0.05, 0.1) is 4.90 Å². The maximum Gasteiger partial charge on any atom is 0.241 e. The van der Waals surface area contributed by atoms with Crippen molar-refractivity contribution in [2.45, 2.75) is 62.0 Å². The third kappa shape index (κ3) is 7.61. The number of fused-ring (bicyclic) bond motifs is 1. The highest BCUT2D eigenvalue weighted by atomic mass is 32.2. The van der Waals surface area contributed by atoms with Crippen LogP contribution in [0.4, 0.5) is 11.6 Å². The minimum Gasteiger partial charge on any atom is -0.367 e. The van der Waals surface area contributed by atoms with Gasteiger partial charge in [-0.25, -0.2) is 23.1 Å². The van der Waals surface area contributed by atoms with Gasteiger partial charge in [-0.1, -0.05) is 66.7 Å². The Morgan fingerprint density at radius 2 is 1.56 bits per heavy atom. The minimum absolute atomic E-state index is 0.286. The number of anilines is 2. The molecule has 0 unspecified atom stereocenters. The number of sulfonamides is 1. The topological polar surface area (TPSA) is 99.2 Å². The normalized spacial score (nSPS) is 18.2. The number of benzene rings is 3. The van der Waals surface area contributed by atoms with Crippen molar-refractivity contribution >= 4 is 32.4 Å². The van der Waals surface area contributed by atoms with Crippen molar-refractivity contribution in [2.75, 3.05) is 30.9 Å². The fraction of sp³-hybridized carbons (Fsp3) is 0.375. The SMILES string of the molecule is Cc1nc(NC2CCC(NC[C@H](Cc3ccccc3)NS(=O)(=O)c3cccc4ccccc34)CC2)cc(N(C)C)n1. The van der Waals surface area contributed by atoms with Crippen LogP contribution in [0.15, 0.2) is 83.8 Å². The molecule has 1 aliphatic rings. The summed E-state index contributed by atoms with van der Waals surface area (Å²) in [5, 5.41) is 8.93. The molecule has 1 atom stereocenters. The molecule has 3 N–H and O–H groups in total. The van der Waals surface area contributed by atoms with Crippen LogP contribution in [-0.2, 0) is 16.4 Å². The number of nitrogens with one attached hydrogen (secondary N) is 3. The summed E-state index contributed by atoms with van der Waals surface area (Å²) >= 11 is 0. The molecule has 0 saturated heterocycles. The van der Waals surface area contributed by atoms with Crippen LogP contribution >= 0.6 is 0 Å². The zero-order valence-electron chi connectivity index (χ0n) is 24.0. The van der Waals surface area contributed by atoms with Crippen molar-refractivity contribution in [3.05, 3.63) is 90.3 Å². The zero-order valence-corrected chi connectivity index (χ0v) is 24.9. The Kier molecular flexibility index (Phi) is 9.17. The lowest BCUT2D eigenvalue weighted by Gasteiger charge is -2.31. The largest absolute Gasteiger partial charge is 0.367 e. The Morgan fingerprint density at radius 1 is 0.878 bits per heavy atom. The fourth-order valence-corrected chi connectivity index (χ4v) is 7.05. The molecule has 3 aromatic carbocycles.